The van der Waals surface area contributed by atoms with Crippen molar-refractivity contribution < 1.29 is 17.9 Å². The molecule has 0 spiro atoms. The van der Waals surface area contributed by atoms with Crippen LogP contribution in [0.1, 0.15) is 30.1 Å². The van der Waals surface area contributed by atoms with E-state index in [4.69, 9.17) is 16.3 Å². The fourth-order valence-corrected chi connectivity index (χ4v) is 4.92. The molecule has 1 atom stereocenters. The van der Waals surface area contributed by atoms with Gasteiger partial charge in [0.25, 0.3) is 5.91 Å². The summed E-state index contributed by atoms with van der Waals surface area (Å²) in [5, 5.41) is 0.330. The first kappa shape index (κ1) is 17.5. The molecule has 0 saturated carbocycles. The van der Waals surface area contributed by atoms with Gasteiger partial charge in [-0.25, -0.2) is 8.42 Å². The molecule has 1 aromatic carbocycles. The molecule has 0 radical (unpaired) electrons. The minimum Gasteiger partial charge on any atom is -0.377 e. The van der Waals surface area contributed by atoms with E-state index < -0.39 is 10.0 Å². The van der Waals surface area contributed by atoms with E-state index in [0.717, 1.165) is 6.42 Å². The number of nitrogens with zero attached hydrogens (tertiary/aromatic N) is 2. The Morgan fingerprint density at radius 3 is 2.79 bits per heavy atom. The Morgan fingerprint density at radius 2 is 2.08 bits per heavy atom. The molecule has 1 amide bonds. The van der Waals surface area contributed by atoms with Crippen molar-refractivity contribution in [3.8, 4) is 0 Å². The van der Waals surface area contributed by atoms with Gasteiger partial charge in [0.05, 0.1) is 41.3 Å². The van der Waals surface area contributed by atoms with Crippen molar-refractivity contribution in [3.05, 3.63) is 28.8 Å². The van der Waals surface area contributed by atoms with Gasteiger partial charge in [-0.15, -0.1) is 0 Å². The Labute approximate surface area is 147 Å². The van der Waals surface area contributed by atoms with Gasteiger partial charge in [-0.2, -0.15) is 0 Å². The van der Waals surface area contributed by atoms with Gasteiger partial charge in [0.2, 0.25) is 10.0 Å². The van der Waals surface area contributed by atoms with Crippen molar-refractivity contribution in [1.82, 2.24) is 4.90 Å². The van der Waals surface area contributed by atoms with Gasteiger partial charge in [0, 0.05) is 13.1 Å². The summed E-state index contributed by atoms with van der Waals surface area (Å²) in [7, 11) is -3.32. The molecule has 8 heteroatoms. The number of morpholine rings is 1. The third-order valence-corrected chi connectivity index (χ3v) is 6.65. The number of halogens is 1. The van der Waals surface area contributed by atoms with Crippen LogP contribution in [0.25, 0.3) is 0 Å². The Morgan fingerprint density at radius 1 is 1.29 bits per heavy atom. The van der Waals surface area contributed by atoms with Crippen LogP contribution in [-0.4, -0.2) is 57.3 Å². The number of carbonyl (C=O) groups is 1. The first-order chi connectivity index (χ1) is 11.4. The van der Waals surface area contributed by atoms with Crippen molar-refractivity contribution in [3.63, 3.8) is 0 Å². The van der Waals surface area contributed by atoms with E-state index in [-0.39, 0.29) is 17.7 Å². The first-order valence-corrected chi connectivity index (χ1v) is 10.1. The van der Waals surface area contributed by atoms with Crippen LogP contribution in [0.2, 0.25) is 5.02 Å². The molecule has 1 aromatic rings. The lowest BCUT2D eigenvalue weighted by Crippen LogP contribution is -2.47. The van der Waals surface area contributed by atoms with E-state index >= 15 is 0 Å². The van der Waals surface area contributed by atoms with Gasteiger partial charge in [-0.05, 0) is 38.0 Å². The molecule has 2 fully saturated rings. The van der Waals surface area contributed by atoms with Crippen molar-refractivity contribution in [1.29, 1.82) is 0 Å². The molecule has 2 aliphatic heterocycles. The molecule has 2 saturated heterocycles. The first-order valence-electron chi connectivity index (χ1n) is 8.09. The molecular weight excluding hydrogens is 352 g/mol. The van der Waals surface area contributed by atoms with Gasteiger partial charge < -0.3 is 9.64 Å². The minimum absolute atomic E-state index is 0.0373. The lowest BCUT2D eigenvalue weighted by molar-refractivity contribution is 0.00360. The molecule has 24 heavy (non-hydrogen) atoms. The number of hydrogen-bond acceptors (Lipinski definition) is 4. The molecule has 3 rings (SSSR count). The Kier molecular flexibility index (Phi) is 5.03. The number of amides is 1. The van der Waals surface area contributed by atoms with Crippen LogP contribution >= 0.6 is 11.6 Å². The minimum atomic E-state index is -3.32. The average molecular weight is 373 g/mol. The number of sulfonamides is 1. The van der Waals surface area contributed by atoms with Crippen LogP contribution in [0, 0.1) is 0 Å². The second kappa shape index (κ2) is 6.90. The molecular formula is C16H21ClN2O4S. The Bertz CT molecular complexity index is 738. The van der Waals surface area contributed by atoms with E-state index in [0.29, 0.717) is 49.0 Å². The molecule has 0 N–H and O–H groups in total. The third-order valence-electron chi connectivity index (χ3n) is 4.45. The normalized spacial score (nSPS) is 24.0. The number of rotatable bonds is 2. The highest BCUT2D eigenvalue weighted by molar-refractivity contribution is 7.92. The average Bonchev–Trinajstić information content (AvgIpc) is 2.55. The van der Waals surface area contributed by atoms with Crippen molar-refractivity contribution >= 4 is 33.2 Å². The molecule has 0 aromatic heterocycles. The quantitative estimate of drug-likeness (QED) is 0.797. The number of anilines is 1. The lowest BCUT2D eigenvalue weighted by atomic mass is 10.1. The fraction of sp³-hybridized carbons (Fsp3) is 0.562. The summed E-state index contributed by atoms with van der Waals surface area (Å²) in [6.45, 7) is 3.84. The highest BCUT2D eigenvalue weighted by Crippen LogP contribution is 2.29. The Balaban J connectivity index is 1.93. The molecule has 6 nitrogen and oxygen atoms in total. The van der Waals surface area contributed by atoms with Crippen LogP contribution in [0.3, 0.4) is 0 Å². The van der Waals surface area contributed by atoms with Crippen LogP contribution < -0.4 is 4.31 Å². The van der Waals surface area contributed by atoms with Crippen molar-refractivity contribution in [2.75, 3.05) is 36.4 Å². The zero-order valence-electron chi connectivity index (χ0n) is 13.6. The topological polar surface area (TPSA) is 66.9 Å². The second-order valence-corrected chi connectivity index (χ2v) is 8.60. The van der Waals surface area contributed by atoms with Crippen molar-refractivity contribution in [2.45, 2.75) is 25.8 Å². The predicted octanol–water partition coefficient (Wildman–Crippen LogP) is 2.13. The summed E-state index contributed by atoms with van der Waals surface area (Å²) in [4.78, 5) is 14.6. The SMILES string of the molecule is CC1COCCN1C(=O)c1cc(N2CCCCS2(=O)=O)ccc1Cl. The van der Waals surface area contributed by atoms with E-state index in [9.17, 15) is 13.2 Å². The highest BCUT2D eigenvalue weighted by atomic mass is 35.5. The maximum Gasteiger partial charge on any atom is 0.255 e. The van der Waals surface area contributed by atoms with Gasteiger partial charge in [0.1, 0.15) is 0 Å². The number of hydrogen-bond donors (Lipinski definition) is 0. The van der Waals surface area contributed by atoms with Crippen LogP contribution in [0.15, 0.2) is 18.2 Å². The van der Waals surface area contributed by atoms with Crippen LogP contribution in [-0.2, 0) is 14.8 Å². The molecule has 0 aliphatic carbocycles. The Hall–Kier alpha value is -1.31. The van der Waals surface area contributed by atoms with E-state index in [1.165, 1.54) is 4.31 Å². The summed E-state index contributed by atoms with van der Waals surface area (Å²) in [6.07, 6.45) is 1.48. The molecule has 2 heterocycles. The number of ether oxygens (including phenoxy) is 1. The van der Waals surface area contributed by atoms with Crippen LogP contribution in [0.5, 0.6) is 0 Å². The summed E-state index contributed by atoms with van der Waals surface area (Å²) in [5.41, 5.74) is 0.840. The van der Waals surface area contributed by atoms with Crippen LogP contribution in [0.4, 0.5) is 5.69 Å². The number of carbonyl (C=O) groups excluding carboxylic acids is 1. The van der Waals surface area contributed by atoms with E-state index in [1.54, 1.807) is 23.1 Å². The van der Waals surface area contributed by atoms with E-state index in [2.05, 4.69) is 0 Å². The molecule has 132 valence electrons. The second-order valence-electron chi connectivity index (χ2n) is 6.18. The summed E-state index contributed by atoms with van der Waals surface area (Å²) in [6, 6.07) is 4.81. The highest BCUT2D eigenvalue weighted by Gasteiger charge is 2.29. The third kappa shape index (κ3) is 3.38. The smallest absolute Gasteiger partial charge is 0.255 e. The standard InChI is InChI=1S/C16H21ClN2O4S/c1-12-11-23-8-7-18(12)16(20)14-10-13(4-5-15(14)17)19-6-2-3-9-24(19,21)22/h4-5,10,12H,2-3,6-9,11H2,1H3. The van der Waals surface area contributed by atoms with Gasteiger partial charge in [0.15, 0.2) is 0 Å². The zero-order chi connectivity index (χ0) is 17.3. The summed E-state index contributed by atoms with van der Waals surface area (Å²) in [5.74, 6) is -0.0496. The maximum atomic E-state index is 12.8. The molecule has 1 unspecified atom stereocenters. The number of benzene rings is 1. The maximum absolute atomic E-state index is 12.8. The zero-order valence-corrected chi connectivity index (χ0v) is 15.1. The van der Waals surface area contributed by atoms with Gasteiger partial charge in [-0.1, -0.05) is 11.6 Å². The lowest BCUT2D eigenvalue weighted by Gasteiger charge is -2.34. The van der Waals surface area contributed by atoms with Gasteiger partial charge >= 0.3 is 0 Å². The summed E-state index contributed by atoms with van der Waals surface area (Å²) >= 11 is 6.22. The molecule has 0 bridgehead atoms. The van der Waals surface area contributed by atoms with E-state index in [1.807, 2.05) is 6.92 Å². The monoisotopic (exact) mass is 372 g/mol. The van der Waals surface area contributed by atoms with Gasteiger partial charge in [-0.3, -0.25) is 9.10 Å². The summed E-state index contributed by atoms with van der Waals surface area (Å²) < 4.78 is 31.3. The molecule has 2 aliphatic rings. The fourth-order valence-electron chi connectivity index (χ4n) is 3.09. The largest absolute Gasteiger partial charge is 0.377 e. The predicted molar refractivity (Wildman–Crippen MR) is 93.1 cm³/mol. The van der Waals surface area contributed by atoms with Crippen molar-refractivity contribution in [2.24, 2.45) is 0 Å².